The number of phenols is 2. The summed E-state index contributed by atoms with van der Waals surface area (Å²) in [5.74, 6) is -2.25. The molecule has 0 aromatic heterocycles. The number of nitrogens with zero attached hydrogens (tertiary/aromatic N) is 1. The van der Waals surface area contributed by atoms with E-state index >= 15 is 0 Å². The molecule has 0 saturated carbocycles. The molecule has 0 aliphatic rings. The quantitative estimate of drug-likeness (QED) is 0.461. The van der Waals surface area contributed by atoms with E-state index in [9.17, 15) is 19.8 Å². The van der Waals surface area contributed by atoms with Gasteiger partial charge >= 0.3 is 0 Å². The maximum Gasteiger partial charge on any atom is 0.246 e. The number of nitrogens with one attached hydrogen (secondary N) is 2. The zero-order chi connectivity index (χ0) is 17.6. The van der Waals surface area contributed by atoms with Crippen molar-refractivity contribution >= 4 is 11.8 Å². The maximum absolute atomic E-state index is 12.0. The molecule has 0 saturated heterocycles. The van der Waals surface area contributed by atoms with Crippen molar-refractivity contribution < 1.29 is 24.5 Å². The van der Waals surface area contributed by atoms with Crippen molar-refractivity contribution in [2.45, 2.75) is 18.5 Å². The largest absolute Gasteiger partial charge is 0.504 e. The van der Waals surface area contributed by atoms with Gasteiger partial charge in [0.15, 0.2) is 11.5 Å². The van der Waals surface area contributed by atoms with Crippen LogP contribution in [0.1, 0.15) is 18.0 Å². The molecule has 2 atom stereocenters. The van der Waals surface area contributed by atoms with Crippen molar-refractivity contribution in [3.05, 3.63) is 17.7 Å². The van der Waals surface area contributed by atoms with Crippen molar-refractivity contribution in [1.82, 2.24) is 10.6 Å². The molecule has 1 aromatic carbocycles. The molecule has 1 rings (SSSR count). The molecule has 9 heteroatoms. The number of carbonyl (C=O) groups excluding carboxylic acids is 2. The SMILES string of the molecule is CNC(=O)[C@H](NC(=O)[C@@H](N)CC#N)c1cc(O)c(OC)c(O)c1. The van der Waals surface area contributed by atoms with Crippen LogP contribution < -0.4 is 21.1 Å². The van der Waals surface area contributed by atoms with E-state index in [0.717, 1.165) is 0 Å². The summed E-state index contributed by atoms with van der Waals surface area (Å²) in [7, 11) is 2.62. The molecule has 2 amide bonds. The predicted molar refractivity (Wildman–Crippen MR) is 79.5 cm³/mol. The van der Waals surface area contributed by atoms with E-state index < -0.39 is 35.4 Å². The number of amides is 2. The molecule has 0 aliphatic carbocycles. The smallest absolute Gasteiger partial charge is 0.246 e. The van der Waals surface area contributed by atoms with E-state index in [4.69, 9.17) is 15.7 Å². The third-order valence-electron chi connectivity index (χ3n) is 3.05. The molecule has 6 N–H and O–H groups in total. The van der Waals surface area contributed by atoms with Crippen LogP contribution in [0.5, 0.6) is 17.2 Å². The van der Waals surface area contributed by atoms with Crippen LogP contribution in [-0.4, -0.2) is 42.2 Å². The standard InChI is InChI=1S/C14H18N4O5/c1-17-14(22)11(18-13(21)8(16)3-4-15)7-5-9(19)12(23-2)10(20)6-7/h5-6,8,11,19-20H,3,16H2,1-2H3,(H,17,22)(H,18,21)/t8-,11+/m0/s1. The van der Waals surface area contributed by atoms with E-state index in [1.807, 2.05) is 0 Å². The van der Waals surface area contributed by atoms with Gasteiger partial charge in [-0.3, -0.25) is 9.59 Å². The van der Waals surface area contributed by atoms with Crippen LogP contribution >= 0.6 is 0 Å². The Balaban J connectivity index is 3.16. The number of ether oxygens (including phenoxy) is 1. The first-order chi connectivity index (χ1) is 10.8. The number of carbonyl (C=O) groups is 2. The number of aromatic hydroxyl groups is 2. The Morgan fingerprint density at radius 3 is 2.35 bits per heavy atom. The lowest BCUT2D eigenvalue weighted by Gasteiger charge is -2.20. The first kappa shape index (κ1) is 18.1. The third-order valence-corrected chi connectivity index (χ3v) is 3.05. The fraction of sp³-hybridized carbons (Fsp3) is 0.357. The first-order valence-electron chi connectivity index (χ1n) is 6.60. The average molecular weight is 322 g/mol. The summed E-state index contributed by atoms with van der Waals surface area (Å²) in [4.78, 5) is 23.9. The molecular weight excluding hydrogens is 304 g/mol. The molecule has 23 heavy (non-hydrogen) atoms. The van der Waals surface area contributed by atoms with Gasteiger partial charge in [-0.15, -0.1) is 0 Å². The van der Waals surface area contributed by atoms with Crippen LogP contribution in [0, 0.1) is 11.3 Å². The van der Waals surface area contributed by atoms with Gasteiger partial charge in [-0.1, -0.05) is 0 Å². The van der Waals surface area contributed by atoms with Gasteiger partial charge in [0.05, 0.1) is 25.6 Å². The second-order valence-corrected chi connectivity index (χ2v) is 4.62. The van der Waals surface area contributed by atoms with Crippen LogP contribution in [0.15, 0.2) is 12.1 Å². The second kappa shape index (κ2) is 7.86. The zero-order valence-corrected chi connectivity index (χ0v) is 12.7. The van der Waals surface area contributed by atoms with Crippen molar-refractivity contribution in [2.75, 3.05) is 14.2 Å². The average Bonchev–Trinajstić information content (AvgIpc) is 2.51. The molecule has 0 fully saturated rings. The Hall–Kier alpha value is -2.99. The van der Waals surface area contributed by atoms with E-state index in [-0.39, 0.29) is 17.7 Å². The molecule has 1 aromatic rings. The van der Waals surface area contributed by atoms with Gasteiger partial charge in [0.25, 0.3) is 0 Å². The van der Waals surface area contributed by atoms with E-state index in [1.54, 1.807) is 6.07 Å². The van der Waals surface area contributed by atoms with Gasteiger partial charge in [0.2, 0.25) is 17.6 Å². The Labute approximate surface area is 132 Å². The molecular formula is C14H18N4O5. The van der Waals surface area contributed by atoms with Gasteiger partial charge in [0.1, 0.15) is 6.04 Å². The van der Waals surface area contributed by atoms with E-state index in [0.29, 0.717) is 0 Å². The number of hydrogen-bond acceptors (Lipinski definition) is 7. The van der Waals surface area contributed by atoms with Crippen LogP contribution in [-0.2, 0) is 9.59 Å². The molecule has 0 spiro atoms. The highest BCUT2D eigenvalue weighted by Gasteiger charge is 2.26. The highest BCUT2D eigenvalue weighted by molar-refractivity contribution is 5.90. The lowest BCUT2D eigenvalue weighted by atomic mass is 10.0. The summed E-state index contributed by atoms with van der Waals surface area (Å²) in [6, 6.07) is 1.79. The maximum atomic E-state index is 12.0. The van der Waals surface area contributed by atoms with Crippen LogP contribution in [0.25, 0.3) is 0 Å². The Kier molecular flexibility index (Phi) is 6.17. The summed E-state index contributed by atoms with van der Waals surface area (Å²) in [5, 5.41) is 32.9. The normalized spacial score (nSPS) is 12.6. The molecule has 0 radical (unpaired) electrons. The predicted octanol–water partition coefficient (Wildman–Crippen LogP) is -0.749. The zero-order valence-electron chi connectivity index (χ0n) is 12.7. The number of nitriles is 1. The number of rotatable bonds is 6. The van der Waals surface area contributed by atoms with E-state index in [1.165, 1.54) is 26.3 Å². The van der Waals surface area contributed by atoms with E-state index in [2.05, 4.69) is 10.6 Å². The number of nitrogens with two attached hydrogens (primary N) is 1. The van der Waals surface area contributed by atoms with Crippen molar-refractivity contribution in [2.24, 2.45) is 5.73 Å². The summed E-state index contributed by atoms with van der Waals surface area (Å²) >= 11 is 0. The molecule has 9 nitrogen and oxygen atoms in total. The first-order valence-corrected chi connectivity index (χ1v) is 6.60. The highest BCUT2D eigenvalue weighted by atomic mass is 16.5. The van der Waals surface area contributed by atoms with Crippen molar-refractivity contribution in [3.8, 4) is 23.3 Å². The fourth-order valence-electron chi connectivity index (χ4n) is 1.88. The Morgan fingerprint density at radius 2 is 1.91 bits per heavy atom. The monoisotopic (exact) mass is 322 g/mol. The number of methoxy groups -OCH3 is 1. The second-order valence-electron chi connectivity index (χ2n) is 4.62. The minimum absolute atomic E-state index is 0.123. The van der Waals surface area contributed by atoms with Gasteiger partial charge in [-0.25, -0.2) is 0 Å². The van der Waals surface area contributed by atoms with Crippen molar-refractivity contribution in [3.63, 3.8) is 0 Å². The van der Waals surface area contributed by atoms with Gasteiger partial charge in [0, 0.05) is 7.05 Å². The summed E-state index contributed by atoms with van der Waals surface area (Å²) in [6.07, 6.45) is -0.217. The summed E-state index contributed by atoms with van der Waals surface area (Å²) in [5.41, 5.74) is 5.64. The van der Waals surface area contributed by atoms with Crippen molar-refractivity contribution in [1.29, 1.82) is 5.26 Å². The Bertz CT molecular complexity index is 618. The minimum atomic E-state index is -1.21. The number of benzene rings is 1. The summed E-state index contributed by atoms with van der Waals surface area (Å²) in [6.45, 7) is 0. The lowest BCUT2D eigenvalue weighted by Crippen LogP contribution is -2.46. The van der Waals surface area contributed by atoms with Crippen LogP contribution in [0.2, 0.25) is 0 Å². The Morgan fingerprint density at radius 1 is 1.35 bits per heavy atom. The topological polar surface area (TPSA) is 158 Å². The number of hydrogen-bond donors (Lipinski definition) is 5. The van der Waals surface area contributed by atoms with Crippen LogP contribution in [0.4, 0.5) is 0 Å². The molecule has 0 heterocycles. The number of phenolic OH excluding ortho intramolecular Hbond substituents is 2. The molecule has 124 valence electrons. The van der Waals surface area contributed by atoms with Gasteiger partial charge in [-0.05, 0) is 17.7 Å². The molecule has 0 unspecified atom stereocenters. The number of likely N-dealkylation sites (N-methyl/N-ethyl adjacent to an activating group) is 1. The summed E-state index contributed by atoms with van der Waals surface area (Å²) < 4.78 is 4.80. The highest BCUT2D eigenvalue weighted by Crippen LogP contribution is 2.38. The third kappa shape index (κ3) is 4.24. The van der Waals surface area contributed by atoms with Gasteiger partial charge in [-0.2, -0.15) is 5.26 Å². The minimum Gasteiger partial charge on any atom is -0.504 e. The molecule has 0 bridgehead atoms. The fourth-order valence-corrected chi connectivity index (χ4v) is 1.88. The molecule has 0 aliphatic heterocycles. The van der Waals surface area contributed by atoms with Crippen LogP contribution in [0.3, 0.4) is 0 Å². The van der Waals surface area contributed by atoms with Gasteiger partial charge < -0.3 is 31.3 Å². The lowest BCUT2D eigenvalue weighted by molar-refractivity contribution is -0.129.